The molecule has 0 aliphatic heterocycles. The van der Waals surface area contributed by atoms with Crippen LogP contribution in [-0.2, 0) is 0 Å². The Hall–Kier alpha value is -5.09. The minimum absolute atomic E-state index is 0.344. The smallest absolute Gasteiger partial charge is 0.417 e. The van der Waals surface area contributed by atoms with Gasteiger partial charge in [-0.1, -0.05) is 24.3 Å². The summed E-state index contributed by atoms with van der Waals surface area (Å²) in [5.74, 6) is 1.48. The van der Waals surface area contributed by atoms with E-state index in [1.165, 1.54) is 0 Å². The van der Waals surface area contributed by atoms with Crippen molar-refractivity contribution in [1.82, 2.24) is 14.6 Å². The van der Waals surface area contributed by atoms with Crippen molar-refractivity contribution in [3.63, 3.8) is 0 Å². The number of pyridine rings is 1. The molecule has 0 spiro atoms. The lowest BCUT2D eigenvalue weighted by molar-refractivity contribution is 0.215. The second-order valence-electron chi connectivity index (χ2n) is 7.71. The fraction of sp³-hybridized carbons (Fsp3) is 0.0385. The predicted octanol–water partition coefficient (Wildman–Crippen LogP) is 5.56. The molecular formula is C26H22N6O4. The third-order valence-electron chi connectivity index (χ3n) is 5.32. The summed E-state index contributed by atoms with van der Waals surface area (Å²) in [6.45, 7) is 0. The van der Waals surface area contributed by atoms with E-state index in [-0.39, 0.29) is 0 Å². The molecule has 36 heavy (non-hydrogen) atoms. The van der Waals surface area contributed by atoms with Gasteiger partial charge < -0.3 is 14.8 Å². The number of ether oxygens (including phenoxy) is 2. The van der Waals surface area contributed by atoms with E-state index in [0.29, 0.717) is 34.5 Å². The van der Waals surface area contributed by atoms with Crippen LogP contribution in [0, 0.1) is 0 Å². The van der Waals surface area contributed by atoms with E-state index in [1.807, 2.05) is 66.3 Å². The van der Waals surface area contributed by atoms with Gasteiger partial charge in [0.1, 0.15) is 11.5 Å². The van der Waals surface area contributed by atoms with Crippen molar-refractivity contribution >= 4 is 34.8 Å². The highest BCUT2D eigenvalue weighted by atomic mass is 16.6. The lowest BCUT2D eigenvalue weighted by atomic mass is 10.1. The summed E-state index contributed by atoms with van der Waals surface area (Å²) in [5, 5.41) is 19.3. The second kappa shape index (κ2) is 10.0. The van der Waals surface area contributed by atoms with Gasteiger partial charge in [0.2, 0.25) is 5.95 Å². The molecule has 5 rings (SSSR count). The Bertz CT molecular complexity index is 1520. The number of hydrogen-bond donors (Lipinski definition) is 4. The number of fused-ring (bicyclic) bond motifs is 1. The van der Waals surface area contributed by atoms with E-state index in [2.05, 4.69) is 20.7 Å². The molecular weight excluding hydrogens is 460 g/mol. The number of methoxy groups -OCH3 is 1. The Kier molecular flexibility index (Phi) is 6.33. The fourth-order valence-electron chi connectivity index (χ4n) is 3.60. The molecule has 5 aromatic rings. The van der Waals surface area contributed by atoms with Gasteiger partial charge in [-0.15, -0.1) is 5.10 Å². The van der Waals surface area contributed by atoms with Gasteiger partial charge in [0.15, 0.2) is 5.65 Å². The summed E-state index contributed by atoms with van der Waals surface area (Å²) >= 11 is 0. The van der Waals surface area contributed by atoms with Gasteiger partial charge in [0.05, 0.1) is 18.5 Å². The molecule has 0 atom stereocenters. The number of benzene rings is 3. The summed E-state index contributed by atoms with van der Waals surface area (Å²) < 4.78 is 12.4. The topological polar surface area (TPSA) is 122 Å². The van der Waals surface area contributed by atoms with Gasteiger partial charge >= 0.3 is 6.09 Å². The number of amides is 1. The number of carbonyl (C=O) groups is 1. The first-order valence-electron chi connectivity index (χ1n) is 11.0. The molecule has 10 heteroatoms. The molecule has 0 radical (unpaired) electrons. The number of hydrogen-bond acceptors (Lipinski definition) is 8. The Labute approximate surface area is 206 Å². The minimum Gasteiger partial charge on any atom is -0.495 e. The monoisotopic (exact) mass is 482 g/mol. The van der Waals surface area contributed by atoms with E-state index in [9.17, 15) is 4.79 Å². The molecule has 0 aliphatic carbocycles. The van der Waals surface area contributed by atoms with Gasteiger partial charge in [-0.3, -0.25) is 16.0 Å². The Morgan fingerprint density at radius 3 is 2.56 bits per heavy atom. The van der Waals surface area contributed by atoms with Crippen LogP contribution in [0.25, 0.3) is 16.8 Å². The normalized spacial score (nSPS) is 10.6. The molecule has 0 aliphatic rings. The minimum atomic E-state index is -0.629. The molecule has 0 fully saturated rings. The number of carbonyl (C=O) groups excluding carboxylic acids is 1. The molecule has 2 heterocycles. The lowest BCUT2D eigenvalue weighted by Gasteiger charge is -2.09. The van der Waals surface area contributed by atoms with E-state index < -0.39 is 6.09 Å². The van der Waals surface area contributed by atoms with Crippen LogP contribution >= 0.6 is 0 Å². The van der Waals surface area contributed by atoms with Crippen LogP contribution in [0.4, 0.5) is 27.8 Å². The zero-order chi connectivity index (χ0) is 24.9. The average molecular weight is 483 g/mol. The number of anilines is 4. The summed E-state index contributed by atoms with van der Waals surface area (Å²) in [4.78, 5) is 16.8. The van der Waals surface area contributed by atoms with Gasteiger partial charge in [0, 0.05) is 17.4 Å². The third kappa shape index (κ3) is 5.03. The highest BCUT2D eigenvalue weighted by Crippen LogP contribution is 2.27. The molecule has 10 nitrogen and oxygen atoms in total. The van der Waals surface area contributed by atoms with Crippen LogP contribution in [0.3, 0.4) is 0 Å². The van der Waals surface area contributed by atoms with Crippen LogP contribution in [0.2, 0.25) is 0 Å². The fourth-order valence-corrected chi connectivity index (χ4v) is 3.60. The highest BCUT2D eigenvalue weighted by Gasteiger charge is 2.10. The first kappa shape index (κ1) is 22.7. The van der Waals surface area contributed by atoms with Crippen LogP contribution < -0.4 is 25.6 Å². The molecule has 2 aromatic heterocycles. The first-order chi connectivity index (χ1) is 17.6. The number of nitrogens with zero attached hydrogens (tertiary/aromatic N) is 3. The Morgan fingerprint density at radius 1 is 0.917 bits per heavy atom. The quantitative estimate of drug-likeness (QED) is 0.222. The molecule has 3 aromatic carbocycles. The maximum Gasteiger partial charge on any atom is 0.417 e. The van der Waals surface area contributed by atoms with Gasteiger partial charge in [0.25, 0.3) is 0 Å². The molecule has 0 saturated carbocycles. The van der Waals surface area contributed by atoms with Crippen molar-refractivity contribution in [2.24, 2.45) is 0 Å². The standard InChI is InChI=1S/C26H22N6O4/c1-35-23-8-3-2-7-22(23)28-25-29-24-14-9-18(16-32(24)30-25)17-5-4-6-20(15-17)27-26(33)36-21-12-10-19(31-34)11-13-21/h2-16,31,34H,1H3,(H,27,33)(H,28,30). The van der Waals surface area contributed by atoms with E-state index >= 15 is 0 Å². The molecule has 4 N–H and O–H groups in total. The number of rotatable bonds is 7. The van der Waals surface area contributed by atoms with E-state index in [4.69, 9.17) is 14.7 Å². The number of para-hydroxylation sites is 2. The third-order valence-corrected chi connectivity index (χ3v) is 5.32. The molecule has 180 valence electrons. The zero-order valence-electron chi connectivity index (χ0n) is 19.2. The van der Waals surface area contributed by atoms with Crippen LogP contribution in [0.1, 0.15) is 0 Å². The average Bonchev–Trinajstić information content (AvgIpc) is 3.31. The van der Waals surface area contributed by atoms with Crippen molar-refractivity contribution in [2.75, 3.05) is 23.2 Å². The van der Waals surface area contributed by atoms with E-state index in [0.717, 1.165) is 16.8 Å². The number of aromatic nitrogens is 3. The summed E-state index contributed by atoms with van der Waals surface area (Å²) in [5.41, 5.74) is 6.29. The Balaban J connectivity index is 1.31. The van der Waals surface area contributed by atoms with Crippen molar-refractivity contribution in [3.05, 3.63) is 91.1 Å². The maximum atomic E-state index is 12.3. The van der Waals surface area contributed by atoms with Crippen molar-refractivity contribution < 1.29 is 19.5 Å². The van der Waals surface area contributed by atoms with Crippen molar-refractivity contribution in [2.45, 2.75) is 0 Å². The van der Waals surface area contributed by atoms with Gasteiger partial charge in [-0.05, 0) is 66.2 Å². The molecule has 0 unspecified atom stereocenters. The van der Waals surface area contributed by atoms with Crippen LogP contribution in [0.5, 0.6) is 11.5 Å². The second-order valence-corrected chi connectivity index (χ2v) is 7.71. The number of nitrogens with one attached hydrogen (secondary N) is 3. The molecule has 0 bridgehead atoms. The summed E-state index contributed by atoms with van der Waals surface area (Å²) in [6, 6.07) is 25.0. The van der Waals surface area contributed by atoms with Crippen LogP contribution in [-0.4, -0.2) is 33.0 Å². The zero-order valence-corrected chi connectivity index (χ0v) is 19.2. The van der Waals surface area contributed by atoms with Gasteiger partial charge in [-0.2, -0.15) is 4.98 Å². The molecule has 1 amide bonds. The lowest BCUT2D eigenvalue weighted by Crippen LogP contribution is -2.16. The molecule has 0 saturated heterocycles. The SMILES string of the molecule is COc1ccccc1Nc1nc2ccc(-c3cccc(NC(=O)Oc4ccc(NO)cc4)c3)cn2n1. The van der Waals surface area contributed by atoms with Crippen molar-refractivity contribution in [3.8, 4) is 22.6 Å². The van der Waals surface area contributed by atoms with Gasteiger partial charge in [-0.25, -0.2) is 9.31 Å². The largest absolute Gasteiger partial charge is 0.495 e. The first-order valence-corrected chi connectivity index (χ1v) is 11.0. The summed E-state index contributed by atoms with van der Waals surface area (Å²) in [7, 11) is 1.61. The Morgan fingerprint density at radius 2 is 1.75 bits per heavy atom. The van der Waals surface area contributed by atoms with Crippen molar-refractivity contribution in [1.29, 1.82) is 0 Å². The predicted molar refractivity (Wildman–Crippen MR) is 136 cm³/mol. The van der Waals surface area contributed by atoms with Crippen LogP contribution in [0.15, 0.2) is 91.1 Å². The highest BCUT2D eigenvalue weighted by molar-refractivity contribution is 5.87. The summed E-state index contributed by atoms with van der Waals surface area (Å²) in [6.07, 6.45) is 1.24. The maximum absolute atomic E-state index is 12.3. The van der Waals surface area contributed by atoms with E-state index in [1.54, 1.807) is 42.0 Å².